The van der Waals surface area contributed by atoms with Crippen LogP contribution in [-0.4, -0.2) is 42.2 Å². The Hall–Kier alpha value is -1.23. The minimum Gasteiger partial charge on any atom is -0.468 e. The van der Waals surface area contributed by atoms with E-state index < -0.39 is 0 Å². The van der Waals surface area contributed by atoms with Gasteiger partial charge in [0.05, 0.1) is 12.8 Å². The minimum atomic E-state index is 0.934. The molecule has 112 valence electrons. The Balaban J connectivity index is 1.46. The van der Waals surface area contributed by atoms with Gasteiger partial charge in [-0.3, -0.25) is 9.80 Å². The molecule has 0 N–H and O–H groups in total. The molecule has 0 unspecified atom stereocenters. The van der Waals surface area contributed by atoms with Gasteiger partial charge in [0.1, 0.15) is 5.76 Å². The van der Waals surface area contributed by atoms with E-state index in [9.17, 15) is 0 Å². The molecule has 1 saturated heterocycles. The van der Waals surface area contributed by atoms with Gasteiger partial charge in [-0.15, -0.1) is 11.8 Å². The van der Waals surface area contributed by atoms with Gasteiger partial charge in [-0.25, -0.2) is 0 Å². The number of nitrogens with zero attached hydrogens (tertiary/aromatic N) is 2. The standard InChI is InChI=1S/C17H22N2OS/c1-21-17-6-4-15(5-7-17)13-18-8-10-19(11-9-18)14-16-3-2-12-20-16/h2-7,12H,8-11,13-14H2,1H3. The maximum absolute atomic E-state index is 5.42. The Labute approximate surface area is 130 Å². The summed E-state index contributed by atoms with van der Waals surface area (Å²) in [4.78, 5) is 6.33. The zero-order valence-electron chi connectivity index (χ0n) is 12.5. The summed E-state index contributed by atoms with van der Waals surface area (Å²) in [6, 6.07) is 13.0. The predicted molar refractivity (Wildman–Crippen MR) is 87.5 cm³/mol. The van der Waals surface area contributed by atoms with E-state index in [4.69, 9.17) is 4.42 Å². The summed E-state index contributed by atoms with van der Waals surface area (Å²) in [6.07, 6.45) is 3.87. The van der Waals surface area contributed by atoms with Gasteiger partial charge in [0.2, 0.25) is 0 Å². The van der Waals surface area contributed by atoms with Crippen LogP contribution in [0, 0.1) is 0 Å². The molecule has 21 heavy (non-hydrogen) atoms. The Bertz CT molecular complexity index is 530. The summed E-state index contributed by atoms with van der Waals surface area (Å²) in [5.41, 5.74) is 1.41. The van der Waals surface area contributed by atoms with Gasteiger partial charge in [0.15, 0.2) is 0 Å². The van der Waals surface area contributed by atoms with Crippen LogP contribution in [0.1, 0.15) is 11.3 Å². The second-order valence-corrected chi connectivity index (χ2v) is 6.36. The normalized spacial score (nSPS) is 17.2. The summed E-state index contributed by atoms with van der Waals surface area (Å²) in [7, 11) is 0. The highest BCUT2D eigenvalue weighted by Gasteiger charge is 2.17. The molecular formula is C17H22N2OS. The van der Waals surface area contributed by atoms with Crippen molar-refractivity contribution >= 4 is 11.8 Å². The highest BCUT2D eigenvalue weighted by Crippen LogP contribution is 2.17. The lowest BCUT2D eigenvalue weighted by molar-refractivity contribution is 0.116. The fraction of sp³-hybridized carbons (Fsp3) is 0.412. The van der Waals surface area contributed by atoms with Gasteiger partial charge >= 0.3 is 0 Å². The zero-order chi connectivity index (χ0) is 14.5. The van der Waals surface area contributed by atoms with Gasteiger partial charge in [-0.2, -0.15) is 0 Å². The van der Waals surface area contributed by atoms with E-state index in [0.29, 0.717) is 0 Å². The minimum absolute atomic E-state index is 0.934. The fourth-order valence-corrected chi connectivity index (χ4v) is 3.13. The van der Waals surface area contributed by atoms with Crippen LogP contribution in [-0.2, 0) is 13.1 Å². The number of furan rings is 1. The highest BCUT2D eigenvalue weighted by atomic mass is 32.2. The number of rotatable bonds is 5. The summed E-state index contributed by atoms with van der Waals surface area (Å²) in [5.74, 6) is 1.07. The van der Waals surface area contributed by atoms with Crippen molar-refractivity contribution in [3.8, 4) is 0 Å². The predicted octanol–water partition coefficient (Wildman–Crippen LogP) is 3.32. The van der Waals surface area contributed by atoms with Crippen molar-refractivity contribution in [2.75, 3.05) is 32.4 Å². The van der Waals surface area contributed by atoms with Crippen LogP contribution in [0.15, 0.2) is 52.0 Å². The second kappa shape index (κ2) is 7.16. The monoisotopic (exact) mass is 302 g/mol. The third-order valence-corrected chi connectivity index (χ3v) is 4.73. The lowest BCUT2D eigenvalue weighted by Gasteiger charge is -2.34. The van der Waals surface area contributed by atoms with Crippen molar-refractivity contribution in [1.29, 1.82) is 0 Å². The average Bonchev–Trinajstić information content (AvgIpc) is 3.03. The summed E-state index contributed by atoms with van der Waals surface area (Å²) in [5, 5.41) is 0. The number of benzene rings is 1. The van der Waals surface area contributed by atoms with Crippen LogP contribution in [0.2, 0.25) is 0 Å². The summed E-state index contributed by atoms with van der Waals surface area (Å²) in [6.45, 7) is 6.48. The van der Waals surface area contributed by atoms with Crippen LogP contribution < -0.4 is 0 Å². The molecule has 3 nitrogen and oxygen atoms in total. The molecule has 3 rings (SSSR count). The SMILES string of the molecule is CSc1ccc(CN2CCN(Cc3ccco3)CC2)cc1. The van der Waals surface area contributed by atoms with Crippen LogP contribution in [0.5, 0.6) is 0 Å². The molecule has 0 aliphatic carbocycles. The van der Waals surface area contributed by atoms with Crippen molar-refractivity contribution in [1.82, 2.24) is 9.80 Å². The Kier molecular flexibility index (Phi) is 5.01. The molecule has 0 amide bonds. The maximum atomic E-state index is 5.42. The molecule has 0 bridgehead atoms. The molecule has 1 aliphatic rings. The third kappa shape index (κ3) is 4.13. The first-order chi connectivity index (χ1) is 10.3. The Morgan fingerprint density at radius 1 is 0.952 bits per heavy atom. The van der Waals surface area contributed by atoms with Crippen molar-refractivity contribution in [2.45, 2.75) is 18.0 Å². The molecule has 2 heterocycles. The van der Waals surface area contributed by atoms with Crippen LogP contribution >= 0.6 is 11.8 Å². The first kappa shape index (κ1) is 14.7. The van der Waals surface area contributed by atoms with E-state index in [0.717, 1.165) is 45.0 Å². The van der Waals surface area contributed by atoms with Gasteiger partial charge in [-0.05, 0) is 36.1 Å². The molecule has 0 saturated carbocycles. The van der Waals surface area contributed by atoms with Crippen LogP contribution in [0.25, 0.3) is 0 Å². The Morgan fingerprint density at radius 2 is 1.62 bits per heavy atom. The topological polar surface area (TPSA) is 19.6 Å². The average molecular weight is 302 g/mol. The molecule has 1 aromatic carbocycles. The van der Waals surface area contributed by atoms with Crippen molar-refractivity contribution in [2.24, 2.45) is 0 Å². The number of thioether (sulfide) groups is 1. The second-order valence-electron chi connectivity index (χ2n) is 5.48. The Morgan fingerprint density at radius 3 is 2.19 bits per heavy atom. The van der Waals surface area contributed by atoms with Crippen LogP contribution in [0.3, 0.4) is 0 Å². The largest absolute Gasteiger partial charge is 0.468 e. The molecule has 0 radical (unpaired) electrons. The molecular weight excluding hydrogens is 280 g/mol. The van der Waals surface area contributed by atoms with E-state index in [1.54, 1.807) is 18.0 Å². The van der Waals surface area contributed by atoms with Gasteiger partial charge in [-0.1, -0.05) is 12.1 Å². The van der Waals surface area contributed by atoms with E-state index in [2.05, 4.69) is 46.4 Å². The number of hydrogen-bond acceptors (Lipinski definition) is 4. The maximum Gasteiger partial charge on any atom is 0.117 e. The molecule has 1 aromatic heterocycles. The fourth-order valence-electron chi connectivity index (χ4n) is 2.72. The smallest absolute Gasteiger partial charge is 0.117 e. The van der Waals surface area contributed by atoms with Crippen molar-refractivity contribution in [3.05, 3.63) is 54.0 Å². The zero-order valence-corrected chi connectivity index (χ0v) is 13.3. The van der Waals surface area contributed by atoms with Crippen molar-refractivity contribution in [3.63, 3.8) is 0 Å². The lowest BCUT2D eigenvalue weighted by atomic mass is 10.2. The van der Waals surface area contributed by atoms with Gasteiger partial charge in [0, 0.05) is 37.6 Å². The first-order valence-electron chi connectivity index (χ1n) is 7.43. The summed E-state index contributed by atoms with van der Waals surface area (Å²) < 4.78 is 5.42. The van der Waals surface area contributed by atoms with Gasteiger partial charge < -0.3 is 4.42 Å². The van der Waals surface area contributed by atoms with E-state index in [1.807, 2.05) is 6.07 Å². The van der Waals surface area contributed by atoms with Crippen molar-refractivity contribution < 1.29 is 4.42 Å². The lowest BCUT2D eigenvalue weighted by Crippen LogP contribution is -2.45. The molecule has 2 aromatic rings. The molecule has 4 heteroatoms. The third-order valence-electron chi connectivity index (χ3n) is 3.99. The first-order valence-corrected chi connectivity index (χ1v) is 8.66. The number of piperazine rings is 1. The molecule has 0 spiro atoms. The highest BCUT2D eigenvalue weighted by molar-refractivity contribution is 7.98. The molecule has 1 aliphatic heterocycles. The van der Waals surface area contributed by atoms with Gasteiger partial charge in [0.25, 0.3) is 0 Å². The van der Waals surface area contributed by atoms with Crippen LogP contribution in [0.4, 0.5) is 0 Å². The van der Waals surface area contributed by atoms with E-state index >= 15 is 0 Å². The molecule has 1 fully saturated rings. The number of hydrogen-bond donors (Lipinski definition) is 0. The van der Waals surface area contributed by atoms with E-state index in [1.165, 1.54) is 10.5 Å². The molecule has 0 atom stereocenters. The van der Waals surface area contributed by atoms with E-state index in [-0.39, 0.29) is 0 Å². The quantitative estimate of drug-likeness (QED) is 0.789. The summed E-state index contributed by atoms with van der Waals surface area (Å²) >= 11 is 1.80.